The van der Waals surface area contributed by atoms with Crippen molar-refractivity contribution in [2.45, 2.75) is 13.8 Å². The van der Waals surface area contributed by atoms with E-state index in [0.717, 1.165) is 14.9 Å². The minimum atomic E-state index is -0.283. The zero-order valence-electron chi connectivity index (χ0n) is 8.04. The van der Waals surface area contributed by atoms with E-state index >= 15 is 0 Å². The van der Waals surface area contributed by atoms with Gasteiger partial charge in [0.1, 0.15) is 0 Å². The van der Waals surface area contributed by atoms with Crippen LogP contribution in [0.2, 0.25) is 0 Å². The molecule has 0 N–H and O–H groups in total. The Hall–Kier alpha value is -0.610. The molecule has 0 fully saturated rings. The molecule has 0 aliphatic carbocycles. The van der Waals surface area contributed by atoms with Gasteiger partial charge in [-0.3, -0.25) is 0 Å². The van der Waals surface area contributed by atoms with E-state index < -0.39 is 0 Å². The lowest BCUT2D eigenvalue weighted by Gasteiger charge is -1.97. The Balaban J connectivity index is 2.74. The Kier molecular flexibility index (Phi) is 4.35. The van der Waals surface area contributed by atoms with Crippen molar-refractivity contribution in [3.63, 3.8) is 0 Å². The summed E-state index contributed by atoms with van der Waals surface area (Å²) < 4.78 is 5.85. The van der Waals surface area contributed by atoms with Crippen LogP contribution >= 0.6 is 27.3 Å². The van der Waals surface area contributed by atoms with Gasteiger partial charge in [0, 0.05) is 20.8 Å². The summed E-state index contributed by atoms with van der Waals surface area (Å²) in [5.74, 6) is -0.283. The average molecular weight is 275 g/mol. The van der Waals surface area contributed by atoms with Crippen LogP contribution < -0.4 is 0 Å². The van der Waals surface area contributed by atoms with Crippen molar-refractivity contribution in [3.8, 4) is 0 Å². The van der Waals surface area contributed by atoms with Crippen LogP contribution in [0.3, 0.4) is 0 Å². The molecule has 0 saturated carbocycles. The highest BCUT2D eigenvalue weighted by Crippen LogP contribution is 2.25. The van der Waals surface area contributed by atoms with Gasteiger partial charge in [0.15, 0.2) is 0 Å². The van der Waals surface area contributed by atoms with Crippen LogP contribution in [0.5, 0.6) is 0 Å². The van der Waals surface area contributed by atoms with Crippen LogP contribution in [0.4, 0.5) is 0 Å². The number of carbonyl (C=O) groups is 1. The summed E-state index contributed by atoms with van der Waals surface area (Å²) in [5.41, 5.74) is 0.930. The first-order chi connectivity index (χ1) is 6.63. The minimum absolute atomic E-state index is 0.283. The molecule has 0 aliphatic rings. The fourth-order valence-corrected chi connectivity index (χ4v) is 2.36. The van der Waals surface area contributed by atoms with Crippen LogP contribution in [0, 0.1) is 0 Å². The van der Waals surface area contributed by atoms with Gasteiger partial charge >= 0.3 is 5.97 Å². The molecule has 4 heteroatoms. The number of allylic oxidation sites excluding steroid dienone is 1. The lowest BCUT2D eigenvalue weighted by molar-refractivity contribution is -0.137. The van der Waals surface area contributed by atoms with Crippen LogP contribution in [0.1, 0.15) is 18.7 Å². The Morgan fingerprint density at radius 3 is 2.93 bits per heavy atom. The number of esters is 1. The van der Waals surface area contributed by atoms with Gasteiger partial charge in [-0.05, 0) is 41.4 Å². The third kappa shape index (κ3) is 3.27. The molecule has 2 nitrogen and oxygen atoms in total. The van der Waals surface area contributed by atoms with Gasteiger partial charge in [-0.15, -0.1) is 11.3 Å². The third-order valence-electron chi connectivity index (χ3n) is 1.58. The highest BCUT2D eigenvalue weighted by atomic mass is 79.9. The summed E-state index contributed by atoms with van der Waals surface area (Å²) in [6.07, 6.45) is 1.52. The van der Waals surface area contributed by atoms with Crippen molar-refractivity contribution >= 4 is 38.8 Å². The van der Waals surface area contributed by atoms with E-state index in [1.54, 1.807) is 18.3 Å². The lowest BCUT2D eigenvalue weighted by atomic mass is 10.2. The first kappa shape index (κ1) is 11.5. The summed E-state index contributed by atoms with van der Waals surface area (Å²) in [4.78, 5) is 12.2. The maximum Gasteiger partial charge on any atom is 0.331 e. The highest BCUT2D eigenvalue weighted by Gasteiger charge is 2.03. The van der Waals surface area contributed by atoms with Gasteiger partial charge in [0.25, 0.3) is 0 Å². The number of hydrogen-bond donors (Lipinski definition) is 0. The topological polar surface area (TPSA) is 26.3 Å². The monoisotopic (exact) mass is 274 g/mol. The molecule has 0 unspecified atom stereocenters. The summed E-state index contributed by atoms with van der Waals surface area (Å²) >= 11 is 4.96. The molecule has 1 heterocycles. The summed E-state index contributed by atoms with van der Waals surface area (Å²) in [7, 11) is 0. The minimum Gasteiger partial charge on any atom is -0.463 e. The van der Waals surface area contributed by atoms with Crippen molar-refractivity contribution in [2.24, 2.45) is 0 Å². The molecule has 0 spiro atoms. The largest absolute Gasteiger partial charge is 0.463 e. The number of hydrogen-bond acceptors (Lipinski definition) is 3. The van der Waals surface area contributed by atoms with Gasteiger partial charge in [-0.1, -0.05) is 0 Å². The van der Waals surface area contributed by atoms with Crippen LogP contribution in [0.15, 0.2) is 22.0 Å². The van der Waals surface area contributed by atoms with E-state index in [2.05, 4.69) is 15.9 Å². The summed E-state index contributed by atoms with van der Waals surface area (Å²) in [6.45, 7) is 4.11. The highest BCUT2D eigenvalue weighted by molar-refractivity contribution is 9.10. The Morgan fingerprint density at radius 1 is 1.71 bits per heavy atom. The Morgan fingerprint density at radius 2 is 2.43 bits per heavy atom. The smallest absolute Gasteiger partial charge is 0.331 e. The van der Waals surface area contributed by atoms with Crippen molar-refractivity contribution in [3.05, 3.63) is 26.9 Å². The molecule has 0 amide bonds. The molecule has 14 heavy (non-hydrogen) atoms. The molecule has 1 aromatic rings. The second kappa shape index (κ2) is 5.32. The van der Waals surface area contributed by atoms with E-state index in [0.29, 0.717) is 6.61 Å². The summed E-state index contributed by atoms with van der Waals surface area (Å²) in [6, 6.07) is 1.98. The quantitative estimate of drug-likeness (QED) is 0.623. The van der Waals surface area contributed by atoms with Crippen LogP contribution in [0.25, 0.3) is 5.57 Å². The van der Waals surface area contributed by atoms with E-state index in [4.69, 9.17) is 4.74 Å². The van der Waals surface area contributed by atoms with Crippen molar-refractivity contribution < 1.29 is 9.53 Å². The fraction of sp³-hybridized carbons (Fsp3) is 0.300. The molecule has 76 valence electrons. The number of ether oxygens (including phenoxy) is 1. The third-order valence-corrected chi connectivity index (χ3v) is 3.40. The number of carbonyl (C=O) groups excluding carboxylic acids is 1. The zero-order chi connectivity index (χ0) is 10.6. The number of rotatable bonds is 3. The van der Waals surface area contributed by atoms with Gasteiger partial charge in [0.05, 0.1) is 6.61 Å². The second-order valence-electron chi connectivity index (χ2n) is 2.71. The molecule has 0 saturated heterocycles. The molecule has 0 radical (unpaired) electrons. The number of halogens is 1. The van der Waals surface area contributed by atoms with E-state index in [9.17, 15) is 4.79 Å². The van der Waals surface area contributed by atoms with Crippen molar-refractivity contribution in [2.75, 3.05) is 6.61 Å². The molecular formula is C10H11BrO2S. The van der Waals surface area contributed by atoms with Gasteiger partial charge < -0.3 is 4.74 Å². The molecule has 0 atom stereocenters. The van der Waals surface area contributed by atoms with Gasteiger partial charge in [0.2, 0.25) is 0 Å². The first-order valence-electron chi connectivity index (χ1n) is 4.23. The average Bonchev–Trinajstić information content (AvgIpc) is 2.52. The number of thiophene rings is 1. The van der Waals surface area contributed by atoms with Gasteiger partial charge in [-0.2, -0.15) is 0 Å². The van der Waals surface area contributed by atoms with Crippen LogP contribution in [-0.2, 0) is 9.53 Å². The van der Waals surface area contributed by atoms with Crippen LogP contribution in [-0.4, -0.2) is 12.6 Å². The zero-order valence-corrected chi connectivity index (χ0v) is 10.4. The van der Waals surface area contributed by atoms with E-state index in [1.807, 2.05) is 18.4 Å². The fourth-order valence-electron chi connectivity index (χ4n) is 0.952. The first-order valence-corrected chi connectivity index (χ1v) is 5.90. The van der Waals surface area contributed by atoms with Crippen molar-refractivity contribution in [1.82, 2.24) is 0 Å². The molecular weight excluding hydrogens is 264 g/mol. The van der Waals surface area contributed by atoms with E-state index in [-0.39, 0.29) is 5.97 Å². The normalized spacial score (nSPS) is 11.5. The molecule has 0 bridgehead atoms. The predicted molar refractivity (Wildman–Crippen MR) is 62.3 cm³/mol. The standard InChI is InChI=1S/C10H11BrO2S/c1-3-13-10(12)4-7(2)9-5-8(11)6-14-9/h4-6H,3H2,1-2H3/b7-4-. The maximum atomic E-state index is 11.1. The SMILES string of the molecule is CCOC(=O)/C=C(/C)c1cc(Br)cs1. The van der Waals surface area contributed by atoms with E-state index in [1.165, 1.54) is 6.08 Å². The molecule has 1 rings (SSSR count). The molecule has 0 aliphatic heterocycles. The molecule has 1 aromatic heterocycles. The summed E-state index contributed by atoms with van der Waals surface area (Å²) in [5, 5.41) is 1.98. The van der Waals surface area contributed by atoms with Gasteiger partial charge in [-0.25, -0.2) is 4.79 Å². The lowest BCUT2D eigenvalue weighted by Crippen LogP contribution is -1.99. The van der Waals surface area contributed by atoms with Crippen molar-refractivity contribution in [1.29, 1.82) is 0 Å². The predicted octanol–water partition coefficient (Wildman–Crippen LogP) is 3.48. The Labute approximate surface area is 95.7 Å². The molecule has 0 aromatic carbocycles. The Bertz CT molecular complexity index is 355. The second-order valence-corrected chi connectivity index (χ2v) is 4.54. The maximum absolute atomic E-state index is 11.1.